The molecule has 3 aliphatic rings. The second kappa shape index (κ2) is 10.9. The quantitative estimate of drug-likeness (QED) is 0.188. The molecule has 2 nitrogen and oxygen atoms in total. The van der Waals surface area contributed by atoms with E-state index in [1.54, 1.807) is 0 Å². The van der Waals surface area contributed by atoms with E-state index in [9.17, 15) is 0 Å². The molecule has 11 rings (SSSR count). The second-order valence-corrected chi connectivity index (χ2v) is 14.1. The van der Waals surface area contributed by atoms with E-state index >= 15 is 0 Å². The number of pyridine rings is 2. The lowest BCUT2D eigenvalue weighted by molar-refractivity contribution is 0.778. The Balaban J connectivity index is 1.16. The highest BCUT2D eigenvalue weighted by Crippen LogP contribution is 2.63. The molecule has 0 unspecified atom stereocenters. The van der Waals surface area contributed by atoms with Crippen molar-refractivity contribution in [1.82, 2.24) is 9.97 Å². The molecule has 2 heteroatoms. The summed E-state index contributed by atoms with van der Waals surface area (Å²) >= 11 is 0. The van der Waals surface area contributed by atoms with Crippen molar-refractivity contribution in [2.75, 3.05) is 0 Å². The maximum absolute atomic E-state index is 4.92. The van der Waals surface area contributed by atoms with Crippen molar-refractivity contribution in [1.29, 1.82) is 0 Å². The van der Waals surface area contributed by atoms with Gasteiger partial charge >= 0.3 is 0 Å². The molecule has 8 aromatic rings. The summed E-state index contributed by atoms with van der Waals surface area (Å²) in [6.45, 7) is 0. The summed E-state index contributed by atoms with van der Waals surface area (Å²) in [6, 6.07) is 62.3. The first-order valence-corrected chi connectivity index (χ1v) is 18.0. The van der Waals surface area contributed by atoms with Gasteiger partial charge in [-0.05, 0) is 102 Å². The Labute approximate surface area is 303 Å². The fourth-order valence-corrected chi connectivity index (χ4v) is 9.42. The average molecular weight is 661 g/mol. The standard InChI is InChI=1S/C50H32N2/c1-3-11-33(12-4-1)35-19-23-38(24-20-35)49(39-25-21-36(22-26-39)34-13-5-2-6-14-34)28-27-37-31-46-41(32-45(37)49)40-15-7-8-16-42(40)50(46)43-17-9-29-51-47(43)48-44(50)18-10-30-52-48/h1-32H. The van der Waals surface area contributed by atoms with Crippen LogP contribution in [0.25, 0.3) is 50.8 Å². The molecule has 0 fully saturated rings. The average Bonchev–Trinajstić information content (AvgIpc) is 3.85. The van der Waals surface area contributed by atoms with Crippen molar-refractivity contribution < 1.29 is 0 Å². The zero-order valence-corrected chi connectivity index (χ0v) is 28.4. The van der Waals surface area contributed by atoms with Gasteiger partial charge in [-0.2, -0.15) is 0 Å². The Morgan fingerprint density at radius 2 is 0.865 bits per heavy atom. The molecule has 6 aromatic carbocycles. The lowest BCUT2D eigenvalue weighted by Crippen LogP contribution is -2.27. The summed E-state index contributed by atoms with van der Waals surface area (Å²) < 4.78 is 0. The molecule has 0 amide bonds. The number of rotatable bonds is 4. The Morgan fingerprint density at radius 1 is 0.365 bits per heavy atom. The molecule has 242 valence electrons. The predicted molar refractivity (Wildman–Crippen MR) is 211 cm³/mol. The minimum absolute atomic E-state index is 0.478. The van der Waals surface area contributed by atoms with Crippen molar-refractivity contribution in [2.45, 2.75) is 10.8 Å². The number of hydrogen-bond donors (Lipinski definition) is 0. The first-order chi connectivity index (χ1) is 25.8. The monoisotopic (exact) mass is 660 g/mol. The molecule has 0 saturated carbocycles. The Morgan fingerprint density at radius 3 is 1.44 bits per heavy atom. The highest BCUT2D eigenvalue weighted by molar-refractivity contribution is 5.95. The van der Waals surface area contributed by atoms with Crippen molar-refractivity contribution >= 4 is 6.08 Å². The van der Waals surface area contributed by atoms with Crippen molar-refractivity contribution in [2.24, 2.45) is 0 Å². The van der Waals surface area contributed by atoms with E-state index in [2.05, 4.69) is 182 Å². The van der Waals surface area contributed by atoms with E-state index in [1.807, 2.05) is 12.4 Å². The summed E-state index contributed by atoms with van der Waals surface area (Å²) in [5.41, 5.74) is 18.5. The Hall–Kier alpha value is -6.64. The zero-order chi connectivity index (χ0) is 34.3. The van der Waals surface area contributed by atoms with Crippen LogP contribution < -0.4 is 0 Å². The topological polar surface area (TPSA) is 25.8 Å². The number of benzene rings is 6. The zero-order valence-electron chi connectivity index (χ0n) is 28.4. The second-order valence-electron chi connectivity index (χ2n) is 14.1. The molecule has 0 bridgehead atoms. The van der Waals surface area contributed by atoms with Gasteiger partial charge in [0, 0.05) is 12.4 Å². The van der Waals surface area contributed by atoms with E-state index in [1.165, 1.54) is 77.9 Å². The van der Waals surface area contributed by atoms with Crippen LogP contribution in [0.4, 0.5) is 0 Å². The highest BCUT2D eigenvalue weighted by atomic mass is 14.8. The van der Waals surface area contributed by atoms with Gasteiger partial charge in [0.2, 0.25) is 0 Å². The van der Waals surface area contributed by atoms with Gasteiger partial charge in [-0.1, -0.05) is 158 Å². The van der Waals surface area contributed by atoms with Crippen LogP contribution in [0.15, 0.2) is 188 Å². The fourth-order valence-electron chi connectivity index (χ4n) is 9.42. The molecule has 52 heavy (non-hydrogen) atoms. The molecule has 0 N–H and O–H groups in total. The summed E-state index contributed by atoms with van der Waals surface area (Å²) in [5, 5.41) is 0. The third-order valence-corrected chi connectivity index (χ3v) is 11.7. The van der Waals surface area contributed by atoms with Crippen LogP contribution in [-0.2, 0) is 10.8 Å². The minimum atomic E-state index is -0.484. The van der Waals surface area contributed by atoms with Crippen LogP contribution in [0, 0.1) is 0 Å². The van der Waals surface area contributed by atoms with E-state index in [0.29, 0.717) is 0 Å². The fraction of sp³-hybridized carbons (Fsp3) is 0.0400. The minimum Gasteiger partial charge on any atom is -0.254 e. The van der Waals surface area contributed by atoms with E-state index in [-0.39, 0.29) is 0 Å². The smallest absolute Gasteiger partial charge is 0.0937 e. The molecular weight excluding hydrogens is 629 g/mol. The molecule has 0 saturated heterocycles. The molecule has 2 aromatic heterocycles. The summed E-state index contributed by atoms with van der Waals surface area (Å²) in [7, 11) is 0. The maximum Gasteiger partial charge on any atom is 0.0937 e. The molecule has 3 aliphatic carbocycles. The predicted octanol–water partition coefficient (Wildman–Crippen LogP) is 11.5. The van der Waals surface area contributed by atoms with Crippen LogP contribution in [0.3, 0.4) is 0 Å². The lowest BCUT2D eigenvalue weighted by atomic mass is 9.68. The van der Waals surface area contributed by atoms with Gasteiger partial charge in [0.1, 0.15) is 0 Å². The van der Waals surface area contributed by atoms with E-state index in [0.717, 1.165) is 11.4 Å². The van der Waals surface area contributed by atoms with Crippen molar-refractivity contribution in [3.05, 3.63) is 233 Å². The summed E-state index contributed by atoms with van der Waals surface area (Å²) in [5.74, 6) is 0. The van der Waals surface area contributed by atoms with Crippen LogP contribution in [0.2, 0.25) is 0 Å². The maximum atomic E-state index is 4.92. The van der Waals surface area contributed by atoms with Gasteiger partial charge in [-0.3, -0.25) is 9.97 Å². The van der Waals surface area contributed by atoms with E-state index < -0.39 is 10.8 Å². The number of aromatic nitrogens is 2. The third-order valence-electron chi connectivity index (χ3n) is 11.7. The number of allylic oxidation sites excluding steroid dienone is 1. The number of hydrogen-bond acceptors (Lipinski definition) is 2. The molecule has 1 spiro atoms. The summed E-state index contributed by atoms with van der Waals surface area (Å²) in [6.07, 6.45) is 8.57. The molecular formula is C50H32N2. The molecule has 2 heterocycles. The van der Waals surface area contributed by atoms with Gasteiger partial charge in [-0.15, -0.1) is 0 Å². The van der Waals surface area contributed by atoms with Crippen LogP contribution >= 0.6 is 0 Å². The number of fused-ring (bicyclic) bond motifs is 11. The van der Waals surface area contributed by atoms with Gasteiger partial charge in [-0.25, -0.2) is 0 Å². The summed E-state index contributed by atoms with van der Waals surface area (Å²) in [4.78, 5) is 9.84. The van der Waals surface area contributed by atoms with Crippen LogP contribution in [-0.4, -0.2) is 9.97 Å². The Kier molecular flexibility index (Phi) is 6.12. The Bertz CT molecular complexity index is 2580. The largest absolute Gasteiger partial charge is 0.254 e. The normalized spacial score (nSPS) is 14.8. The van der Waals surface area contributed by atoms with Crippen LogP contribution in [0.5, 0.6) is 0 Å². The third kappa shape index (κ3) is 3.84. The first kappa shape index (κ1) is 29.1. The van der Waals surface area contributed by atoms with Crippen molar-refractivity contribution in [3.8, 4) is 44.8 Å². The molecule has 0 aliphatic heterocycles. The van der Waals surface area contributed by atoms with E-state index in [4.69, 9.17) is 9.97 Å². The number of nitrogens with zero attached hydrogens (tertiary/aromatic N) is 2. The van der Waals surface area contributed by atoms with Crippen molar-refractivity contribution in [3.63, 3.8) is 0 Å². The van der Waals surface area contributed by atoms with Crippen LogP contribution in [0.1, 0.15) is 44.5 Å². The van der Waals surface area contributed by atoms with Gasteiger partial charge < -0.3 is 0 Å². The van der Waals surface area contributed by atoms with Gasteiger partial charge in [0.25, 0.3) is 0 Å². The SMILES string of the molecule is C1=CC(c2ccc(-c3ccccc3)cc2)(c2ccc(-c3ccccc3)cc2)c2cc3c(cc21)C1(c2ccccc2-3)c2cccnc2-c2ncccc21. The van der Waals surface area contributed by atoms with Gasteiger partial charge in [0.15, 0.2) is 0 Å². The lowest BCUT2D eigenvalue weighted by Gasteiger charge is -2.33. The molecule has 0 radical (unpaired) electrons. The van der Waals surface area contributed by atoms with Gasteiger partial charge in [0.05, 0.1) is 22.2 Å². The molecule has 0 atom stereocenters. The highest BCUT2D eigenvalue weighted by Gasteiger charge is 2.54. The first-order valence-electron chi connectivity index (χ1n) is 18.0.